The van der Waals surface area contributed by atoms with Crippen molar-refractivity contribution in [3.63, 3.8) is 0 Å². The van der Waals surface area contributed by atoms with E-state index in [0.717, 1.165) is 12.8 Å². The summed E-state index contributed by atoms with van der Waals surface area (Å²) in [5, 5.41) is 0. The van der Waals surface area contributed by atoms with E-state index in [9.17, 15) is 0 Å². The maximum Gasteiger partial charge on any atom is 0.252 e. The second-order valence-electron chi connectivity index (χ2n) is 24.0. The van der Waals surface area contributed by atoms with Crippen molar-refractivity contribution in [2.24, 2.45) is 0 Å². The lowest BCUT2D eigenvalue weighted by atomic mass is 9.33. The fourth-order valence-electron chi connectivity index (χ4n) is 14.7. The molecule has 0 amide bonds. The normalized spacial score (nSPS) is 26.0. The first kappa shape index (κ1) is 41.2. The van der Waals surface area contributed by atoms with E-state index in [1.165, 1.54) is 123 Å². The number of hydrogen-bond acceptors (Lipinski definition) is 3. The maximum atomic E-state index is 2.96. The average molecular weight is 854 g/mol. The zero-order valence-electron chi connectivity index (χ0n) is 41.0. The Labute approximate surface area is 390 Å². The molecule has 0 aromatic heterocycles. The van der Waals surface area contributed by atoms with E-state index in [-0.39, 0.29) is 39.5 Å². The van der Waals surface area contributed by atoms with E-state index in [1.807, 2.05) is 0 Å². The fraction of sp³-hybridized carbons (Fsp3) is 0.410. The molecule has 6 aliphatic rings. The molecule has 65 heavy (non-hydrogen) atoms. The van der Waals surface area contributed by atoms with E-state index >= 15 is 0 Å². The highest BCUT2D eigenvalue weighted by atomic mass is 15.3. The van der Waals surface area contributed by atoms with Gasteiger partial charge in [0.05, 0.1) is 11.1 Å². The molecule has 0 N–H and O–H groups in total. The average Bonchev–Trinajstić information content (AvgIpc) is 3.64. The van der Waals surface area contributed by atoms with Crippen LogP contribution < -0.4 is 31.1 Å². The first-order valence-corrected chi connectivity index (χ1v) is 25.1. The number of anilines is 7. The molecule has 0 saturated heterocycles. The zero-order valence-corrected chi connectivity index (χ0v) is 41.0. The number of hydrogen-bond donors (Lipinski definition) is 0. The molecule has 2 fully saturated rings. The van der Waals surface area contributed by atoms with Crippen LogP contribution in [0.25, 0.3) is 0 Å². The Balaban J connectivity index is 1.23. The molecule has 330 valence electrons. The Bertz CT molecular complexity index is 2970. The third kappa shape index (κ3) is 5.32. The van der Waals surface area contributed by atoms with Gasteiger partial charge in [-0.05, 0) is 156 Å². The van der Waals surface area contributed by atoms with E-state index in [4.69, 9.17) is 0 Å². The van der Waals surface area contributed by atoms with Crippen LogP contribution in [0.1, 0.15) is 153 Å². The molecular weight excluding hydrogens is 786 g/mol. The van der Waals surface area contributed by atoms with E-state index in [0.29, 0.717) is 0 Å². The van der Waals surface area contributed by atoms with Gasteiger partial charge in [0, 0.05) is 50.6 Å². The monoisotopic (exact) mass is 854 g/mol. The minimum absolute atomic E-state index is 0.0199. The van der Waals surface area contributed by atoms with Crippen molar-refractivity contribution in [3.05, 3.63) is 154 Å². The SMILES string of the molecule is Cc1cccc(N2c3cc(C)ccc3B3c4cc(C(C)(C)C)cc5c4N(c4cc(N6c7ccc(C(C)(C)C)cc7C7(C)CCCCC67C)cc2c43)C2(C)CCCCC52c2ccccc2)c1. The molecule has 2 aliphatic carbocycles. The molecule has 6 aromatic rings. The number of nitrogens with zero attached hydrogens (tertiary/aromatic N) is 3. The van der Waals surface area contributed by atoms with Gasteiger partial charge in [0.1, 0.15) is 0 Å². The smallest absolute Gasteiger partial charge is 0.252 e. The Morgan fingerprint density at radius 1 is 0.492 bits per heavy atom. The van der Waals surface area contributed by atoms with Gasteiger partial charge < -0.3 is 14.7 Å². The van der Waals surface area contributed by atoms with Crippen molar-refractivity contribution in [2.45, 2.75) is 160 Å². The lowest BCUT2D eigenvalue weighted by Crippen LogP contribution is -2.65. The molecule has 4 aliphatic heterocycles. The highest BCUT2D eigenvalue weighted by molar-refractivity contribution is 7.00. The molecule has 0 bridgehead atoms. The Kier molecular flexibility index (Phi) is 8.53. The molecule has 4 heteroatoms. The number of benzene rings is 6. The Hall–Kier alpha value is -5.22. The predicted molar refractivity (Wildman–Crippen MR) is 278 cm³/mol. The molecule has 4 atom stereocenters. The topological polar surface area (TPSA) is 9.72 Å². The number of aryl methyl sites for hydroxylation is 2. The summed E-state index contributed by atoms with van der Waals surface area (Å²) in [6.07, 6.45) is 9.65. The van der Waals surface area contributed by atoms with Crippen LogP contribution >= 0.6 is 0 Å². The van der Waals surface area contributed by atoms with Gasteiger partial charge >= 0.3 is 0 Å². The summed E-state index contributed by atoms with van der Waals surface area (Å²) < 4.78 is 0. The quantitative estimate of drug-likeness (QED) is 0.164. The van der Waals surface area contributed by atoms with Crippen LogP contribution in [0.5, 0.6) is 0 Å². The van der Waals surface area contributed by atoms with E-state index < -0.39 is 0 Å². The first-order chi connectivity index (χ1) is 30.9. The first-order valence-electron chi connectivity index (χ1n) is 25.1. The van der Waals surface area contributed by atoms with Gasteiger partial charge in [-0.15, -0.1) is 0 Å². The van der Waals surface area contributed by atoms with Crippen LogP contribution in [0.4, 0.5) is 39.8 Å². The second kappa shape index (κ2) is 13.5. The molecule has 4 heterocycles. The number of fused-ring (bicyclic) bond motifs is 10. The van der Waals surface area contributed by atoms with Crippen LogP contribution in [0.2, 0.25) is 0 Å². The largest absolute Gasteiger partial charge is 0.335 e. The number of rotatable bonds is 3. The highest BCUT2D eigenvalue weighted by Crippen LogP contribution is 2.66. The maximum absolute atomic E-state index is 2.96. The van der Waals surface area contributed by atoms with Gasteiger partial charge in [-0.2, -0.15) is 0 Å². The predicted octanol–water partition coefficient (Wildman–Crippen LogP) is 14.0. The molecule has 0 spiro atoms. The van der Waals surface area contributed by atoms with Crippen LogP contribution in [-0.4, -0.2) is 17.8 Å². The summed E-state index contributed by atoms with van der Waals surface area (Å²) in [5.74, 6) is 0. The summed E-state index contributed by atoms with van der Waals surface area (Å²) in [5.41, 5.74) is 23.5. The van der Waals surface area contributed by atoms with Crippen LogP contribution in [0.3, 0.4) is 0 Å². The second-order valence-corrected chi connectivity index (χ2v) is 24.0. The van der Waals surface area contributed by atoms with Gasteiger partial charge in [-0.3, -0.25) is 0 Å². The summed E-state index contributed by atoms with van der Waals surface area (Å²) in [4.78, 5) is 8.49. The van der Waals surface area contributed by atoms with Gasteiger partial charge in [0.2, 0.25) is 0 Å². The molecule has 4 unspecified atom stereocenters. The van der Waals surface area contributed by atoms with Gasteiger partial charge in [-0.25, -0.2) is 0 Å². The molecule has 6 aromatic carbocycles. The highest BCUT2D eigenvalue weighted by Gasteiger charge is 2.65. The van der Waals surface area contributed by atoms with Gasteiger partial charge in [-0.1, -0.05) is 153 Å². The van der Waals surface area contributed by atoms with Gasteiger partial charge in [0.25, 0.3) is 6.71 Å². The Morgan fingerprint density at radius 3 is 1.91 bits per heavy atom. The van der Waals surface area contributed by atoms with Crippen molar-refractivity contribution >= 4 is 62.9 Å². The van der Waals surface area contributed by atoms with Crippen LogP contribution in [0.15, 0.2) is 115 Å². The molecular formula is C61H68BN3. The summed E-state index contributed by atoms with van der Waals surface area (Å²) in [6.45, 7) is 26.9. The van der Waals surface area contributed by atoms with Crippen molar-refractivity contribution in [2.75, 3.05) is 14.7 Å². The van der Waals surface area contributed by atoms with Crippen molar-refractivity contribution in [1.82, 2.24) is 0 Å². The van der Waals surface area contributed by atoms with E-state index in [1.54, 1.807) is 11.1 Å². The minimum atomic E-state index is -0.187. The van der Waals surface area contributed by atoms with Crippen LogP contribution in [0, 0.1) is 13.8 Å². The third-order valence-corrected chi connectivity index (χ3v) is 18.3. The van der Waals surface area contributed by atoms with Crippen molar-refractivity contribution in [3.8, 4) is 0 Å². The summed E-state index contributed by atoms with van der Waals surface area (Å²) >= 11 is 0. The standard InChI is InChI=1S/C61H68BN3/c1-39-20-19-23-44(32-39)63-51-33-40(2)24-26-48(51)62-49-36-43(57(6,7)8)35-47-55(49)65(60(11)30-17-18-31-61(47,60)41-21-13-12-14-22-41)53-38-45(37-52(63)54(53)62)64-50-27-25-42(56(3,4)5)34-46(50)58(9)28-15-16-29-59(58,64)10/h12-14,19-27,32-38H,15-18,28-31H2,1-11H3. The molecule has 12 rings (SSSR count). The lowest BCUT2D eigenvalue weighted by molar-refractivity contribution is 0.194. The van der Waals surface area contributed by atoms with Crippen LogP contribution in [-0.2, 0) is 21.7 Å². The Morgan fingerprint density at radius 2 is 1.17 bits per heavy atom. The minimum Gasteiger partial charge on any atom is -0.335 e. The molecule has 3 nitrogen and oxygen atoms in total. The van der Waals surface area contributed by atoms with Gasteiger partial charge in [0.15, 0.2) is 0 Å². The lowest BCUT2D eigenvalue weighted by Gasteiger charge is -2.54. The van der Waals surface area contributed by atoms with Crippen molar-refractivity contribution in [1.29, 1.82) is 0 Å². The summed E-state index contributed by atoms with van der Waals surface area (Å²) in [6, 6.07) is 46.6. The van der Waals surface area contributed by atoms with E-state index in [2.05, 4.69) is 206 Å². The third-order valence-electron chi connectivity index (χ3n) is 18.3. The fourth-order valence-corrected chi connectivity index (χ4v) is 14.7. The van der Waals surface area contributed by atoms with Crippen molar-refractivity contribution < 1.29 is 0 Å². The summed E-state index contributed by atoms with van der Waals surface area (Å²) in [7, 11) is 0. The molecule has 2 saturated carbocycles. The zero-order chi connectivity index (χ0) is 45.2. The molecule has 0 radical (unpaired) electrons.